The first kappa shape index (κ1) is 11.6. The minimum absolute atomic E-state index is 0.566. The van der Waals surface area contributed by atoms with Crippen molar-refractivity contribution in [3.8, 4) is 0 Å². The van der Waals surface area contributed by atoms with Crippen LogP contribution in [0.2, 0.25) is 0 Å². The lowest BCUT2D eigenvalue weighted by atomic mass is 10.1. The molecule has 0 amide bonds. The number of nitrogens with zero attached hydrogens (tertiary/aromatic N) is 2. The molecule has 0 spiro atoms. The lowest BCUT2D eigenvalue weighted by molar-refractivity contribution is 0.440. The molecule has 0 radical (unpaired) electrons. The molecule has 1 aromatic heterocycles. The highest BCUT2D eigenvalue weighted by molar-refractivity contribution is 5.03. The molecule has 90 valence electrons. The van der Waals surface area contributed by atoms with E-state index >= 15 is 0 Å². The van der Waals surface area contributed by atoms with Crippen molar-refractivity contribution in [1.82, 2.24) is 20.4 Å². The van der Waals surface area contributed by atoms with E-state index in [4.69, 9.17) is 0 Å². The summed E-state index contributed by atoms with van der Waals surface area (Å²) < 4.78 is 1.85. The van der Waals surface area contributed by atoms with Crippen LogP contribution in [0.3, 0.4) is 0 Å². The zero-order chi connectivity index (χ0) is 11.4. The SMILES string of the molecule is CC(CC1CCCN1)NCc1cnn(C)c1. The van der Waals surface area contributed by atoms with Crippen LogP contribution in [-0.2, 0) is 13.6 Å². The Hall–Kier alpha value is -0.870. The quantitative estimate of drug-likeness (QED) is 0.782. The van der Waals surface area contributed by atoms with Gasteiger partial charge in [-0.1, -0.05) is 0 Å². The summed E-state index contributed by atoms with van der Waals surface area (Å²) in [6.07, 6.45) is 7.88. The Bertz CT molecular complexity index is 315. The molecule has 4 heteroatoms. The molecule has 1 fully saturated rings. The third-order valence-corrected chi connectivity index (χ3v) is 3.21. The van der Waals surface area contributed by atoms with Gasteiger partial charge in [0.25, 0.3) is 0 Å². The van der Waals surface area contributed by atoms with Crippen molar-refractivity contribution in [1.29, 1.82) is 0 Å². The molecule has 2 rings (SSSR count). The van der Waals surface area contributed by atoms with Gasteiger partial charge in [0, 0.05) is 37.4 Å². The molecule has 0 aromatic carbocycles. The van der Waals surface area contributed by atoms with E-state index in [2.05, 4.69) is 28.9 Å². The highest BCUT2D eigenvalue weighted by atomic mass is 15.2. The van der Waals surface area contributed by atoms with Crippen LogP contribution >= 0.6 is 0 Å². The molecule has 4 nitrogen and oxygen atoms in total. The topological polar surface area (TPSA) is 41.9 Å². The molecule has 1 aliphatic heterocycles. The Morgan fingerprint density at radius 2 is 2.56 bits per heavy atom. The Kier molecular flexibility index (Phi) is 3.96. The van der Waals surface area contributed by atoms with Gasteiger partial charge in [-0.25, -0.2) is 0 Å². The van der Waals surface area contributed by atoms with Crippen LogP contribution < -0.4 is 10.6 Å². The number of hydrogen-bond donors (Lipinski definition) is 2. The Labute approximate surface area is 97.4 Å². The van der Waals surface area contributed by atoms with E-state index in [-0.39, 0.29) is 0 Å². The molecule has 1 aliphatic rings. The fourth-order valence-corrected chi connectivity index (χ4v) is 2.32. The van der Waals surface area contributed by atoms with Gasteiger partial charge in [-0.3, -0.25) is 4.68 Å². The minimum atomic E-state index is 0.566. The molecule has 16 heavy (non-hydrogen) atoms. The average molecular weight is 222 g/mol. The van der Waals surface area contributed by atoms with Crippen molar-refractivity contribution < 1.29 is 0 Å². The van der Waals surface area contributed by atoms with E-state index in [9.17, 15) is 0 Å². The van der Waals surface area contributed by atoms with E-state index in [0.717, 1.165) is 12.6 Å². The number of rotatable bonds is 5. The lowest BCUT2D eigenvalue weighted by Gasteiger charge is -2.17. The number of aromatic nitrogens is 2. The molecule has 0 bridgehead atoms. The molecule has 0 saturated carbocycles. The monoisotopic (exact) mass is 222 g/mol. The van der Waals surface area contributed by atoms with E-state index in [1.165, 1.54) is 31.4 Å². The minimum Gasteiger partial charge on any atom is -0.314 e. The maximum absolute atomic E-state index is 4.16. The van der Waals surface area contributed by atoms with Crippen molar-refractivity contribution in [3.05, 3.63) is 18.0 Å². The smallest absolute Gasteiger partial charge is 0.0534 e. The highest BCUT2D eigenvalue weighted by Gasteiger charge is 2.16. The number of nitrogens with one attached hydrogen (secondary N) is 2. The van der Waals surface area contributed by atoms with Crippen molar-refractivity contribution in [2.45, 2.75) is 44.8 Å². The third kappa shape index (κ3) is 3.32. The van der Waals surface area contributed by atoms with Crippen LogP contribution in [-0.4, -0.2) is 28.4 Å². The molecular formula is C12H22N4. The van der Waals surface area contributed by atoms with Gasteiger partial charge in [0.2, 0.25) is 0 Å². The molecule has 2 unspecified atom stereocenters. The van der Waals surface area contributed by atoms with E-state index in [1.807, 2.05) is 17.9 Å². The summed E-state index contributed by atoms with van der Waals surface area (Å²) in [6, 6.07) is 1.28. The summed E-state index contributed by atoms with van der Waals surface area (Å²) in [5, 5.41) is 11.2. The summed E-state index contributed by atoms with van der Waals surface area (Å²) in [6.45, 7) is 4.37. The molecule has 0 aliphatic carbocycles. The Balaban J connectivity index is 1.68. The van der Waals surface area contributed by atoms with Gasteiger partial charge >= 0.3 is 0 Å². The predicted molar refractivity (Wildman–Crippen MR) is 65.2 cm³/mol. The van der Waals surface area contributed by atoms with Crippen molar-refractivity contribution >= 4 is 0 Å². The van der Waals surface area contributed by atoms with Gasteiger partial charge in [0.15, 0.2) is 0 Å². The van der Waals surface area contributed by atoms with Crippen LogP contribution in [0.15, 0.2) is 12.4 Å². The van der Waals surface area contributed by atoms with Crippen molar-refractivity contribution in [2.75, 3.05) is 6.54 Å². The molecule has 2 heterocycles. The second kappa shape index (κ2) is 5.46. The van der Waals surface area contributed by atoms with Crippen LogP contribution in [0.4, 0.5) is 0 Å². The van der Waals surface area contributed by atoms with Crippen LogP contribution in [0.1, 0.15) is 31.7 Å². The van der Waals surface area contributed by atoms with Gasteiger partial charge in [-0.2, -0.15) is 5.10 Å². The molecule has 2 N–H and O–H groups in total. The first-order valence-corrected chi connectivity index (χ1v) is 6.18. The highest BCUT2D eigenvalue weighted by Crippen LogP contribution is 2.11. The maximum atomic E-state index is 4.16. The predicted octanol–water partition coefficient (Wildman–Crippen LogP) is 1.04. The van der Waals surface area contributed by atoms with E-state index in [0.29, 0.717) is 6.04 Å². The zero-order valence-electron chi connectivity index (χ0n) is 10.2. The summed E-state index contributed by atoms with van der Waals surface area (Å²) in [7, 11) is 1.95. The standard InChI is InChI=1S/C12H22N4/c1-10(6-12-4-3-5-13-12)14-7-11-8-15-16(2)9-11/h8-10,12-14H,3-7H2,1-2H3. The molecule has 1 saturated heterocycles. The summed E-state index contributed by atoms with van der Waals surface area (Å²) in [4.78, 5) is 0. The van der Waals surface area contributed by atoms with Crippen LogP contribution in [0.25, 0.3) is 0 Å². The fourth-order valence-electron chi connectivity index (χ4n) is 2.32. The summed E-state index contributed by atoms with van der Waals surface area (Å²) >= 11 is 0. The normalized spacial score (nSPS) is 22.5. The van der Waals surface area contributed by atoms with Gasteiger partial charge < -0.3 is 10.6 Å². The number of aryl methyl sites for hydroxylation is 1. The molecule has 2 atom stereocenters. The number of hydrogen-bond acceptors (Lipinski definition) is 3. The molecule has 1 aromatic rings. The second-order valence-corrected chi connectivity index (χ2v) is 4.83. The summed E-state index contributed by atoms with van der Waals surface area (Å²) in [5.74, 6) is 0. The van der Waals surface area contributed by atoms with Crippen molar-refractivity contribution in [2.24, 2.45) is 7.05 Å². The van der Waals surface area contributed by atoms with Crippen LogP contribution in [0, 0.1) is 0 Å². The first-order chi connectivity index (χ1) is 7.74. The lowest BCUT2D eigenvalue weighted by Crippen LogP contribution is -2.33. The third-order valence-electron chi connectivity index (χ3n) is 3.21. The molecular weight excluding hydrogens is 200 g/mol. The van der Waals surface area contributed by atoms with E-state index in [1.54, 1.807) is 0 Å². The second-order valence-electron chi connectivity index (χ2n) is 4.83. The van der Waals surface area contributed by atoms with Gasteiger partial charge in [-0.05, 0) is 32.7 Å². The first-order valence-electron chi connectivity index (χ1n) is 6.18. The van der Waals surface area contributed by atoms with Gasteiger partial charge in [0.1, 0.15) is 0 Å². The average Bonchev–Trinajstić information content (AvgIpc) is 2.87. The largest absolute Gasteiger partial charge is 0.314 e. The van der Waals surface area contributed by atoms with E-state index < -0.39 is 0 Å². The Morgan fingerprint density at radius 1 is 1.69 bits per heavy atom. The van der Waals surface area contributed by atoms with Crippen LogP contribution in [0.5, 0.6) is 0 Å². The zero-order valence-corrected chi connectivity index (χ0v) is 10.2. The van der Waals surface area contributed by atoms with Gasteiger partial charge in [0.05, 0.1) is 6.20 Å². The Morgan fingerprint density at radius 3 is 3.19 bits per heavy atom. The fraction of sp³-hybridized carbons (Fsp3) is 0.750. The van der Waals surface area contributed by atoms with Crippen molar-refractivity contribution in [3.63, 3.8) is 0 Å². The maximum Gasteiger partial charge on any atom is 0.0534 e. The summed E-state index contributed by atoms with van der Waals surface area (Å²) in [5.41, 5.74) is 1.26. The van der Waals surface area contributed by atoms with Gasteiger partial charge in [-0.15, -0.1) is 0 Å².